The number of hydrogen-bond acceptors (Lipinski definition) is 2. The second-order valence-electron chi connectivity index (χ2n) is 4.66. The summed E-state index contributed by atoms with van der Waals surface area (Å²) in [5.74, 6) is -0.209. The summed E-state index contributed by atoms with van der Waals surface area (Å²) in [6.45, 7) is 2.08. The van der Waals surface area contributed by atoms with Gasteiger partial charge in [-0.3, -0.25) is 4.79 Å². The molecule has 0 saturated heterocycles. The van der Waals surface area contributed by atoms with E-state index >= 15 is 0 Å². The molecule has 2 rings (SSSR count). The molecule has 2 fully saturated rings. The number of rotatable bonds is 3. The van der Waals surface area contributed by atoms with Crippen LogP contribution in [0.15, 0.2) is 0 Å². The van der Waals surface area contributed by atoms with Crippen molar-refractivity contribution in [3.05, 3.63) is 0 Å². The van der Waals surface area contributed by atoms with Gasteiger partial charge >= 0.3 is 5.97 Å². The number of aliphatic carboxylic acids is 1. The van der Waals surface area contributed by atoms with E-state index in [1.807, 2.05) is 0 Å². The first-order valence-corrected chi connectivity index (χ1v) is 6.44. The van der Waals surface area contributed by atoms with Crippen molar-refractivity contribution in [2.45, 2.75) is 55.4 Å². The van der Waals surface area contributed by atoms with E-state index in [0.717, 1.165) is 12.8 Å². The van der Waals surface area contributed by atoms with Crippen molar-refractivity contribution in [1.29, 1.82) is 0 Å². The van der Waals surface area contributed by atoms with Crippen molar-refractivity contribution in [3.63, 3.8) is 0 Å². The quantitative estimate of drug-likeness (QED) is 0.785. The summed E-state index contributed by atoms with van der Waals surface area (Å²) in [4.78, 5) is 11.3. The first-order valence-electron chi connectivity index (χ1n) is 5.56. The highest BCUT2D eigenvalue weighted by molar-refractivity contribution is 8.02. The summed E-state index contributed by atoms with van der Waals surface area (Å²) in [7, 11) is 0. The summed E-state index contributed by atoms with van der Waals surface area (Å²) in [5, 5.41) is 9.91. The zero-order chi connectivity index (χ0) is 10.2. The van der Waals surface area contributed by atoms with Crippen molar-refractivity contribution in [3.8, 4) is 0 Å². The minimum atomic E-state index is -0.576. The molecule has 0 aromatic rings. The molecule has 0 radical (unpaired) electrons. The standard InChI is InChI=1S/C11H18O2S/c1-8-6-7-11(8,10(12)13)14-9-4-2-3-5-9/h8-9H,2-7H2,1H3,(H,12,13). The topological polar surface area (TPSA) is 37.3 Å². The molecule has 2 aliphatic rings. The van der Waals surface area contributed by atoms with Gasteiger partial charge in [-0.05, 0) is 31.6 Å². The molecule has 2 unspecified atom stereocenters. The fourth-order valence-electron chi connectivity index (χ4n) is 2.54. The van der Waals surface area contributed by atoms with Gasteiger partial charge in [-0.1, -0.05) is 19.8 Å². The Morgan fingerprint density at radius 1 is 1.36 bits per heavy atom. The molecule has 0 bridgehead atoms. The van der Waals surface area contributed by atoms with Gasteiger partial charge in [0, 0.05) is 5.25 Å². The van der Waals surface area contributed by atoms with Crippen LogP contribution < -0.4 is 0 Å². The molecule has 0 aromatic heterocycles. The Labute approximate surface area is 89.5 Å². The Morgan fingerprint density at radius 2 is 2.00 bits per heavy atom. The van der Waals surface area contributed by atoms with E-state index < -0.39 is 10.7 Å². The van der Waals surface area contributed by atoms with Gasteiger partial charge < -0.3 is 5.11 Å². The van der Waals surface area contributed by atoms with Crippen LogP contribution in [0.3, 0.4) is 0 Å². The summed E-state index contributed by atoms with van der Waals surface area (Å²) in [5.41, 5.74) is 0. The summed E-state index contributed by atoms with van der Waals surface area (Å²) in [6, 6.07) is 0. The number of carboxylic acids is 1. The zero-order valence-electron chi connectivity index (χ0n) is 8.66. The van der Waals surface area contributed by atoms with E-state index in [-0.39, 0.29) is 0 Å². The minimum absolute atomic E-state index is 0.366. The normalized spacial score (nSPS) is 38.2. The predicted molar refractivity (Wildman–Crippen MR) is 58.6 cm³/mol. The van der Waals surface area contributed by atoms with Crippen LogP contribution in [0.2, 0.25) is 0 Å². The van der Waals surface area contributed by atoms with Gasteiger partial charge in [-0.25, -0.2) is 0 Å². The van der Waals surface area contributed by atoms with Crippen LogP contribution in [0, 0.1) is 5.92 Å². The van der Waals surface area contributed by atoms with Crippen LogP contribution in [0.5, 0.6) is 0 Å². The van der Waals surface area contributed by atoms with Gasteiger partial charge in [-0.2, -0.15) is 0 Å². The number of carboxylic acid groups (broad SMARTS) is 1. The van der Waals surface area contributed by atoms with Crippen LogP contribution in [0.1, 0.15) is 45.4 Å². The molecule has 3 heteroatoms. The molecule has 0 spiro atoms. The van der Waals surface area contributed by atoms with Gasteiger partial charge in [-0.15, -0.1) is 11.8 Å². The average molecular weight is 214 g/mol. The lowest BCUT2D eigenvalue weighted by Crippen LogP contribution is -2.50. The maximum absolute atomic E-state index is 11.3. The Morgan fingerprint density at radius 3 is 2.36 bits per heavy atom. The van der Waals surface area contributed by atoms with Gasteiger partial charge in [0.1, 0.15) is 4.75 Å². The molecule has 80 valence electrons. The largest absolute Gasteiger partial charge is 0.480 e. The van der Waals surface area contributed by atoms with E-state index in [4.69, 9.17) is 0 Å². The zero-order valence-corrected chi connectivity index (χ0v) is 9.48. The maximum Gasteiger partial charge on any atom is 0.320 e. The number of thioether (sulfide) groups is 1. The SMILES string of the molecule is CC1CCC1(SC1CCCC1)C(=O)O. The Balaban J connectivity index is 2.01. The fraction of sp³-hybridized carbons (Fsp3) is 0.909. The van der Waals surface area contributed by atoms with Crippen molar-refractivity contribution < 1.29 is 9.90 Å². The van der Waals surface area contributed by atoms with Gasteiger partial charge in [0.15, 0.2) is 0 Å². The average Bonchev–Trinajstić information content (AvgIpc) is 2.63. The second kappa shape index (κ2) is 3.76. The van der Waals surface area contributed by atoms with Crippen molar-refractivity contribution in [1.82, 2.24) is 0 Å². The van der Waals surface area contributed by atoms with Gasteiger partial charge in [0.2, 0.25) is 0 Å². The van der Waals surface area contributed by atoms with E-state index in [0.29, 0.717) is 11.2 Å². The first-order chi connectivity index (χ1) is 6.65. The van der Waals surface area contributed by atoms with Crippen molar-refractivity contribution >= 4 is 17.7 Å². The Kier molecular flexibility index (Phi) is 2.78. The molecule has 0 amide bonds. The van der Waals surface area contributed by atoms with E-state index in [9.17, 15) is 9.90 Å². The number of hydrogen-bond donors (Lipinski definition) is 1. The molecule has 0 heterocycles. The molecule has 1 N–H and O–H groups in total. The Hall–Kier alpha value is -0.180. The van der Waals surface area contributed by atoms with Crippen LogP contribution in [0.25, 0.3) is 0 Å². The highest BCUT2D eigenvalue weighted by atomic mass is 32.2. The van der Waals surface area contributed by atoms with E-state index in [1.54, 1.807) is 11.8 Å². The molecule has 14 heavy (non-hydrogen) atoms. The van der Waals surface area contributed by atoms with Gasteiger partial charge in [0.05, 0.1) is 0 Å². The van der Waals surface area contributed by atoms with Crippen molar-refractivity contribution in [2.75, 3.05) is 0 Å². The third kappa shape index (κ3) is 1.56. The maximum atomic E-state index is 11.3. The fourth-order valence-corrected chi connectivity index (χ4v) is 4.39. The highest BCUT2D eigenvalue weighted by Crippen LogP contribution is 2.52. The monoisotopic (exact) mass is 214 g/mol. The Bertz CT molecular complexity index is 235. The third-order valence-electron chi connectivity index (χ3n) is 3.79. The number of carbonyl (C=O) groups is 1. The lowest BCUT2D eigenvalue weighted by Gasteiger charge is -2.45. The second-order valence-corrected chi connectivity index (χ2v) is 6.29. The molecule has 0 aromatic carbocycles. The molecule has 2 nitrogen and oxygen atoms in total. The molecular formula is C11H18O2S. The van der Waals surface area contributed by atoms with Crippen LogP contribution >= 0.6 is 11.8 Å². The highest BCUT2D eigenvalue weighted by Gasteiger charge is 2.52. The predicted octanol–water partition coefficient (Wildman–Crippen LogP) is 2.92. The van der Waals surface area contributed by atoms with Gasteiger partial charge in [0.25, 0.3) is 0 Å². The van der Waals surface area contributed by atoms with Crippen LogP contribution in [-0.2, 0) is 4.79 Å². The lowest BCUT2D eigenvalue weighted by atomic mass is 9.74. The third-order valence-corrected chi connectivity index (χ3v) is 5.79. The van der Waals surface area contributed by atoms with E-state index in [2.05, 4.69) is 6.92 Å². The summed E-state index contributed by atoms with van der Waals surface area (Å²) in [6.07, 6.45) is 7.01. The van der Waals surface area contributed by atoms with Crippen molar-refractivity contribution in [2.24, 2.45) is 5.92 Å². The molecule has 2 aliphatic carbocycles. The summed E-state index contributed by atoms with van der Waals surface area (Å²) < 4.78 is -0.422. The lowest BCUT2D eigenvalue weighted by molar-refractivity contribution is -0.144. The van der Waals surface area contributed by atoms with Crippen LogP contribution in [0.4, 0.5) is 0 Å². The molecule has 0 aliphatic heterocycles. The molecule has 2 saturated carbocycles. The summed E-state index contributed by atoms with van der Waals surface area (Å²) >= 11 is 1.76. The first kappa shape index (κ1) is 10.3. The molecule has 2 atom stereocenters. The van der Waals surface area contributed by atoms with Crippen LogP contribution in [-0.4, -0.2) is 21.1 Å². The van der Waals surface area contributed by atoms with E-state index in [1.165, 1.54) is 25.7 Å². The minimum Gasteiger partial charge on any atom is -0.480 e. The smallest absolute Gasteiger partial charge is 0.320 e. The molecular weight excluding hydrogens is 196 g/mol.